The summed E-state index contributed by atoms with van der Waals surface area (Å²) in [5.74, 6) is 0.364. The first-order chi connectivity index (χ1) is 13.6. The summed E-state index contributed by atoms with van der Waals surface area (Å²) in [6.07, 6.45) is 1.85. The van der Waals surface area contributed by atoms with E-state index in [-0.39, 0.29) is 24.2 Å². The summed E-state index contributed by atoms with van der Waals surface area (Å²) in [5, 5.41) is 2.97. The quantitative estimate of drug-likeness (QED) is 0.723. The third-order valence-corrected chi connectivity index (χ3v) is 5.30. The van der Waals surface area contributed by atoms with Gasteiger partial charge in [0.05, 0.1) is 18.7 Å². The molecule has 0 saturated carbocycles. The molecule has 0 bridgehead atoms. The summed E-state index contributed by atoms with van der Waals surface area (Å²) in [7, 11) is 0. The first kappa shape index (κ1) is 20.1. The van der Waals surface area contributed by atoms with Crippen molar-refractivity contribution in [3.63, 3.8) is 0 Å². The minimum atomic E-state index is -0.301. The number of carbonyl (C=O) groups is 2. The van der Waals surface area contributed by atoms with E-state index in [0.29, 0.717) is 19.6 Å². The zero-order valence-electron chi connectivity index (χ0n) is 16.7. The van der Waals surface area contributed by atoms with Crippen LogP contribution in [-0.2, 0) is 29.2 Å². The number of furan rings is 1. The average Bonchev–Trinajstić information content (AvgIpc) is 3.35. The fourth-order valence-electron chi connectivity index (χ4n) is 3.49. The van der Waals surface area contributed by atoms with E-state index in [0.717, 1.165) is 31.0 Å². The van der Waals surface area contributed by atoms with Gasteiger partial charge in [0.1, 0.15) is 5.76 Å². The third kappa shape index (κ3) is 5.23. The van der Waals surface area contributed by atoms with Crippen LogP contribution in [0.1, 0.15) is 37.2 Å². The fraction of sp³-hybridized carbons (Fsp3) is 0.455. The van der Waals surface area contributed by atoms with Gasteiger partial charge in [-0.2, -0.15) is 0 Å². The van der Waals surface area contributed by atoms with Gasteiger partial charge < -0.3 is 14.6 Å². The predicted octanol–water partition coefficient (Wildman–Crippen LogP) is 2.79. The van der Waals surface area contributed by atoms with Crippen LogP contribution >= 0.6 is 0 Å². The van der Waals surface area contributed by atoms with Gasteiger partial charge in [-0.3, -0.25) is 14.5 Å². The van der Waals surface area contributed by atoms with Gasteiger partial charge in [-0.1, -0.05) is 38.1 Å². The van der Waals surface area contributed by atoms with Crippen molar-refractivity contribution in [2.45, 2.75) is 39.9 Å². The molecule has 0 spiro atoms. The van der Waals surface area contributed by atoms with Crippen LogP contribution < -0.4 is 5.32 Å². The van der Waals surface area contributed by atoms with Crippen molar-refractivity contribution >= 4 is 11.8 Å². The van der Waals surface area contributed by atoms with E-state index >= 15 is 0 Å². The molecule has 1 unspecified atom stereocenters. The van der Waals surface area contributed by atoms with Crippen LogP contribution in [0.4, 0.5) is 0 Å². The lowest BCUT2D eigenvalue weighted by atomic mass is 10.1. The van der Waals surface area contributed by atoms with Gasteiger partial charge in [-0.05, 0) is 36.3 Å². The van der Waals surface area contributed by atoms with Crippen molar-refractivity contribution in [3.8, 4) is 0 Å². The zero-order valence-corrected chi connectivity index (χ0v) is 16.7. The molecule has 1 atom stereocenters. The van der Waals surface area contributed by atoms with Crippen molar-refractivity contribution in [3.05, 3.63) is 59.5 Å². The number of likely N-dealkylation sites (tertiary alicyclic amines) is 1. The van der Waals surface area contributed by atoms with Crippen LogP contribution in [0.5, 0.6) is 0 Å². The summed E-state index contributed by atoms with van der Waals surface area (Å²) < 4.78 is 5.30. The molecule has 1 saturated heterocycles. The predicted molar refractivity (Wildman–Crippen MR) is 107 cm³/mol. The van der Waals surface area contributed by atoms with Crippen molar-refractivity contribution in [2.24, 2.45) is 5.92 Å². The molecule has 0 radical (unpaired) electrons. The van der Waals surface area contributed by atoms with Gasteiger partial charge in [0.15, 0.2) is 0 Å². The van der Waals surface area contributed by atoms with E-state index in [1.165, 1.54) is 5.56 Å². The number of hydrogen-bond donors (Lipinski definition) is 1. The van der Waals surface area contributed by atoms with E-state index in [4.69, 9.17) is 4.42 Å². The average molecular weight is 383 g/mol. The molecule has 2 aromatic rings. The Morgan fingerprint density at radius 3 is 2.54 bits per heavy atom. The topological polar surface area (TPSA) is 65.8 Å². The molecule has 1 aromatic heterocycles. The highest BCUT2D eigenvalue weighted by molar-refractivity contribution is 5.89. The molecule has 2 amide bonds. The number of rotatable bonds is 9. The number of nitrogens with zero attached hydrogens (tertiary/aromatic N) is 2. The molecule has 1 fully saturated rings. The van der Waals surface area contributed by atoms with Gasteiger partial charge in [-0.15, -0.1) is 0 Å². The van der Waals surface area contributed by atoms with Gasteiger partial charge in [0.25, 0.3) is 0 Å². The SMILES string of the molecule is CCN(CC)Cc1ccc(CNC(=O)C2CC(=O)N(Cc3ccco3)C2)cc1. The van der Waals surface area contributed by atoms with Gasteiger partial charge in [0.2, 0.25) is 11.8 Å². The Kier molecular flexibility index (Phi) is 6.87. The highest BCUT2D eigenvalue weighted by Crippen LogP contribution is 2.20. The standard InChI is InChI=1S/C22H29N3O3/c1-3-24(4-2)14-18-9-7-17(8-10-18)13-23-22(27)19-12-21(26)25(15-19)16-20-6-5-11-28-20/h5-11,19H,3-4,12-16H2,1-2H3,(H,23,27). The van der Waals surface area contributed by atoms with Crippen molar-refractivity contribution in [2.75, 3.05) is 19.6 Å². The molecular weight excluding hydrogens is 354 g/mol. The van der Waals surface area contributed by atoms with E-state index < -0.39 is 0 Å². The molecule has 1 aromatic carbocycles. The summed E-state index contributed by atoms with van der Waals surface area (Å²) in [5.41, 5.74) is 2.34. The minimum absolute atomic E-state index is 0.00249. The van der Waals surface area contributed by atoms with Crippen LogP contribution in [-0.4, -0.2) is 41.2 Å². The number of nitrogens with one attached hydrogen (secondary N) is 1. The Morgan fingerprint density at radius 1 is 1.18 bits per heavy atom. The Balaban J connectivity index is 1.47. The summed E-state index contributed by atoms with van der Waals surface area (Å²) in [6.45, 7) is 8.67. The van der Waals surface area contributed by atoms with E-state index in [1.807, 2.05) is 6.07 Å². The fourth-order valence-corrected chi connectivity index (χ4v) is 3.49. The Labute approximate surface area is 166 Å². The first-order valence-corrected chi connectivity index (χ1v) is 9.97. The maximum Gasteiger partial charge on any atom is 0.225 e. The highest BCUT2D eigenvalue weighted by atomic mass is 16.3. The lowest BCUT2D eigenvalue weighted by Gasteiger charge is -2.18. The largest absolute Gasteiger partial charge is 0.467 e. The van der Waals surface area contributed by atoms with Crippen molar-refractivity contribution < 1.29 is 14.0 Å². The van der Waals surface area contributed by atoms with E-state index in [9.17, 15) is 9.59 Å². The molecule has 1 aliphatic heterocycles. The van der Waals surface area contributed by atoms with Gasteiger partial charge in [-0.25, -0.2) is 0 Å². The second-order valence-electron chi connectivity index (χ2n) is 7.25. The molecule has 1 aliphatic rings. The zero-order chi connectivity index (χ0) is 19.9. The summed E-state index contributed by atoms with van der Waals surface area (Å²) in [6, 6.07) is 12.0. The number of amides is 2. The number of carbonyl (C=O) groups excluding carboxylic acids is 2. The monoisotopic (exact) mass is 383 g/mol. The van der Waals surface area contributed by atoms with Crippen molar-refractivity contribution in [1.29, 1.82) is 0 Å². The molecule has 150 valence electrons. The molecular formula is C22H29N3O3. The molecule has 2 heterocycles. The van der Waals surface area contributed by atoms with Crippen LogP contribution in [0.25, 0.3) is 0 Å². The molecule has 6 heteroatoms. The number of hydrogen-bond acceptors (Lipinski definition) is 4. The third-order valence-electron chi connectivity index (χ3n) is 5.30. The molecule has 6 nitrogen and oxygen atoms in total. The Hall–Kier alpha value is -2.60. The number of benzene rings is 1. The van der Waals surface area contributed by atoms with Crippen LogP contribution in [0.2, 0.25) is 0 Å². The van der Waals surface area contributed by atoms with Crippen LogP contribution in [0.15, 0.2) is 47.1 Å². The van der Waals surface area contributed by atoms with Gasteiger partial charge >= 0.3 is 0 Å². The normalized spacial score (nSPS) is 16.8. The molecule has 0 aliphatic carbocycles. The summed E-state index contributed by atoms with van der Waals surface area (Å²) >= 11 is 0. The molecule has 1 N–H and O–H groups in total. The van der Waals surface area contributed by atoms with Gasteiger partial charge in [0, 0.05) is 26.1 Å². The maximum absolute atomic E-state index is 12.5. The summed E-state index contributed by atoms with van der Waals surface area (Å²) in [4.78, 5) is 28.7. The lowest BCUT2D eigenvalue weighted by Crippen LogP contribution is -2.32. The van der Waals surface area contributed by atoms with Crippen molar-refractivity contribution in [1.82, 2.24) is 15.1 Å². The second kappa shape index (κ2) is 9.55. The Morgan fingerprint density at radius 2 is 1.89 bits per heavy atom. The minimum Gasteiger partial charge on any atom is -0.467 e. The maximum atomic E-state index is 12.5. The lowest BCUT2D eigenvalue weighted by molar-refractivity contribution is -0.129. The van der Waals surface area contributed by atoms with E-state index in [1.54, 1.807) is 17.2 Å². The second-order valence-corrected chi connectivity index (χ2v) is 7.25. The smallest absolute Gasteiger partial charge is 0.225 e. The Bertz CT molecular complexity index is 767. The molecule has 28 heavy (non-hydrogen) atoms. The highest BCUT2D eigenvalue weighted by Gasteiger charge is 2.34. The molecule has 3 rings (SSSR count). The van der Waals surface area contributed by atoms with E-state index in [2.05, 4.69) is 48.3 Å². The van der Waals surface area contributed by atoms with Crippen LogP contribution in [0, 0.1) is 5.92 Å². The van der Waals surface area contributed by atoms with Crippen LogP contribution in [0.3, 0.4) is 0 Å². The first-order valence-electron chi connectivity index (χ1n) is 9.97.